The van der Waals surface area contributed by atoms with Crippen LogP contribution in [0.1, 0.15) is 33.5 Å². The third-order valence-electron chi connectivity index (χ3n) is 2.63. The van der Waals surface area contributed by atoms with Gasteiger partial charge in [-0.25, -0.2) is 15.8 Å². The highest BCUT2D eigenvalue weighted by Gasteiger charge is 2.19. The van der Waals surface area contributed by atoms with Gasteiger partial charge in [0, 0.05) is 18.0 Å². The largest absolute Gasteiger partial charge is 0.370 e. The van der Waals surface area contributed by atoms with Crippen LogP contribution in [0.5, 0.6) is 0 Å². The van der Waals surface area contributed by atoms with Gasteiger partial charge in [-0.1, -0.05) is 27.7 Å². The molecule has 1 rings (SSSR count). The summed E-state index contributed by atoms with van der Waals surface area (Å²) in [5.41, 5.74) is 2.49. The topological polar surface area (TPSA) is 75.9 Å². The third-order valence-corrected chi connectivity index (χ3v) is 3.53. The maximum atomic E-state index is 5.46. The van der Waals surface area contributed by atoms with Crippen LogP contribution in [0.2, 0.25) is 0 Å². The van der Waals surface area contributed by atoms with Crippen LogP contribution in [0.25, 0.3) is 0 Å². The van der Waals surface area contributed by atoms with Crippen LogP contribution < -0.4 is 16.6 Å². The quantitative estimate of drug-likeness (QED) is 0.550. The molecule has 0 saturated carbocycles. The molecule has 0 fully saturated rings. The number of rotatable bonds is 6. The summed E-state index contributed by atoms with van der Waals surface area (Å²) in [6.07, 6.45) is 2.12. The van der Waals surface area contributed by atoms with Crippen LogP contribution in [0.3, 0.4) is 0 Å². The summed E-state index contributed by atoms with van der Waals surface area (Å²) < 4.78 is 0. The molecule has 0 amide bonds. The first-order valence-electron chi connectivity index (χ1n) is 6.45. The Morgan fingerprint density at radius 2 is 1.95 bits per heavy atom. The zero-order valence-corrected chi connectivity index (χ0v) is 13.3. The van der Waals surface area contributed by atoms with Crippen molar-refractivity contribution in [1.29, 1.82) is 0 Å². The number of hydrogen-bond donors (Lipinski definition) is 3. The fourth-order valence-electron chi connectivity index (χ4n) is 1.57. The highest BCUT2D eigenvalue weighted by atomic mass is 32.2. The van der Waals surface area contributed by atoms with Gasteiger partial charge < -0.3 is 10.7 Å². The second kappa shape index (κ2) is 6.96. The van der Waals surface area contributed by atoms with Crippen molar-refractivity contribution in [3.8, 4) is 0 Å². The van der Waals surface area contributed by atoms with E-state index >= 15 is 0 Å². The van der Waals surface area contributed by atoms with Gasteiger partial charge in [0.25, 0.3) is 0 Å². The van der Waals surface area contributed by atoms with E-state index in [9.17, 15) is 0 Å². The van der Waals surface area contributed by atoms with Crippen molar-refractivity contribution in [2.24, 2.45) is 11.8 Å². The van der Waals surface area contributed by atoms with E-state index < -0.39 is 0 Å². The maximum absolute atomic E-state index is 5.46. The number of thioether (sulfide) groups is 1. The predicted molar refractivity (Wildman–Crippen MR) is 84.6 cm³/mol. The second-order valence-electron chi connectivity index (χ2n) is 5.80. The third kappa shape index (κ3) is 5.24. The van der Waals surface area contributed by atoms with Crippen LogP contribution >= 0.6 is 11.8 Å². The highest BCUT2D eigenvalue weighted by Crippen LogP contribution is 2.22. The number of nitrogens with two attached hydrogens (primary N) is 1. The number of nitrogens with one attached hydrogen (secondary N) is 2. The van der Waals surface area contributed by atoms with E-state index in [-0.39, 0.29) is 5.41 Å². The monoisotopic (exact) mass is 283 g/mol. The van der Waals surface area contributed by atoms with Gasteiger partial charge in [-0.15, -0.1) is 0 Å². The molecule has 0 aliphatic heterocycles. The summed E-state index contributed by atoms with van der Waals surface area (Å²) in [6.45, 7) is 9.37. The Morgan fingerprint density at radius 1 is 1.32 bits per heavy atom. The van der Waals surface area contributed by atoms with Crippen molar-refractivity contribution in [3.63, 3.8) is 0 Å². The van der Waals surface area contributed by atoms with Crippen LogP contribution in [-0.2, 0) is 5.41 Å². The molecule has 0 saturated heterocycles. The summed E-state index contributed by atoms with van der Waals surface area (Å²) in [6, 6.07) is 1.83. The molecule has 0 radical (unpaired) electrons. The summed E-state index contributed by atoms with van der Waals surface area (Å²) in [4.78, 5) is 8.96. The van der Waals surface area contributed by atoms with Gasteiger partial charge in [0.2, 0.25) is 0 Å². The molecule has 1 aromatic heterocycles. The minimum absolute atomic E-state index is 0.103. The molecule has 0 aliphatic carbocycles. The fourth-order valence-corrected chi connectivity index (χ4v) is 2.26. The van der Waals surface area contributed by atoms with Crippen molar-refractivity contribution in [2.75, 3.05) is 29.3 Å². The van der Waals surface area contributed by atoms with E-state index in [0.29, 0.717) is 11.7 Å². The number of hydrogen-bond acceptors (Lipinski definition) is 6. The van der Waals surface area contributed by atoms with Crippen LogP contribution in [0.15, 0.2) is 6.07 Å². The van der Waals surface area contributed by atoms with Crippen LogP contribution in [-0.4, -0.2) is 28.5 Å². The van der Waals surface area contributed by atoms with Crippen molar-refractivity contribution in [3.05, 3.63) is 11.9 Å². The minimum Gasteiger partial charge on any atom is -0.370 e. The molecule has 1 aromatic rings. The van der Waals surface area contributed by atoms with Crippen molar-refractivity contribution in [1.82, 2.24) is 9.97 Å². The first kappa shape index (κ1) is 16.0. The molecule has 108 valence electrons. The smallest absolute Gasteiger partial charge is 0.145 e. The molecule has 5 nitrogen and oxygen atoms in total. The van der Waals surface area contributed by atoms with Gasteiger partial charge in [-0.05, 0) is 17.9 Å². The molecule has 0 aliphatic rings. The molecule has 0 spiro atoms. The van der Waals surface area contributed by atoms with Crippen molar-refractivity contribution >= 4 is 23.4 Å². The second-order valence-corrected chi connectivity index (χ2v) is 6.71. The van der Waals surface area contributed by atoms with E-state index in [4.69, 9.17) is 5.84 Å². The molecule has 0 bridgehead atoms. The number of anilines is 2. The molecular weight excluding hydrogens is 258 g/mol. The average Bonchev–Trinajstić information content (AvgIpc) is 2.35. The lowest BCUT2D eigenvalue weighted by Crippen LogP contribution is -2.21. The van der Waals surface area contributed by atoms with Crippen molar-refractivity contribution in [2.45, 2.75) is 33.1 Å². The van der Waals surface area contributed by atoms with E-state index in [2.05, 4.69) is 54.7 Å². The summed E-state index contributed by atoms with van der Waals surface area (Å²) in [7, 11) is 0. The Morgan fingerprint density at radius 3 is 2.47 bits per heavy atom. The standard InChI is InChI=1S/C13H25N5S/c1-9(8-19-5)7-15-10-6-11(18-14)17-12(16-10)13(2,3)4/h6,9H,7-8,14H2,1-5H3,(H2,15,16,17,18). The molecule has 0 aromatic carbocycles. The zero-order chi connectivity index (χ0) is 14.5. The Hall–Kier alpha value is -1.01. The fraction of sp³-hybridized carbons (Fsp3) is 0.692. The lowest BCUT2D eigenvalue weighted by molar-refractivity contribution is 0.546. The van der Waals surface area contributed by atoms with Gasteiger partial charge in [0.1, 0.15) is 17.5 Å². The Kier molecular flexibility index (Phi) is 5.87. The van der Waals surface area contributed by atoms with E-state index in [0.717, 1.165) is 23.9 Å². The van der Waals surface area contributed by atoms with E-state index in [1.54, 1.807) is 0 Å². The predicted octanol–water partition coefficient (Wildman–Crippen LogP) is 2.47. The number of aromatic nitrogens is 2. The summed E-state index contributed by atoms with van der Waals surface area (Å²) >= 11 is 1.85. The Balaban J connectivity index is 2.83. The minimum atomic E-state index is -0.103. The van der Waals surface area contributed by atoms with Crippen LogP contribution in [0.4, 0.5) is 11.6 Å². The molecule has 19 heavy (non-hydrogen) atoms. The normalized spacial score (nSPS) is 13.2. The lowest BCUT2D eigenvalue weighted by atomic mass is 9.96. The molecule has 1 atom stereocenters. The lowest BCUT2D eigenvalue weighted by Gasteiger charge is -2.19. The summed E-state index contributed by atoms with van der Waals surface area (Å²) in [5.74, 6) is 9.43. The first-order valence-corrected chi connectivity index (χ1v) is 7.85. The number of nitrogens with zero attached hydrogens (tertiary/aromatic N) is 2. The summed E-state index contributed by atoms with van der Waals surface area (Å²) in [5, 5.41) is 3.36. The van der Waals surface area contributed by atoms with Crippen molar-refractivity contribution < 1.29 is 0 Å². The van der Waals surface area contributed by atoms with Gasteiger partial charge in [0.15, 0.2) is 0 Å². The van der Waals surface area contributed by atoms with Gasteiger partial charge in [-0.2, -0.15) is 11.8 Å². The molecule has 1 heterocycles. The maximum Gasteiger partial charge on any atom is 0.145 e. The zero-order valence-electron chi connectivity index (χ0n) is 12.4. The van der Waals surface area contributed by atoms with E-state index in [1.807, 2.05) is 17.8 Å². The first-order chi connectivity index (χ1) is 8.86. The van der Waals surface area contributed by atoms with Gasteiger partial charge in [-0.3, -0.25) is 0 Å². The highest BCUT2D eigenvalue weighted by molar-refractivity contribution is 7.98. The average molecular weight is 283 g/mol. The Bertz CT molecular complexity index is 403. The number of hydrazine groups is 1. The number of nitrogen functional groups attached to an aromatic ring is 1. The molecule has 4 N–H and O–H groups in total. The van der Waals surface area contributed by atoms with Crippen LogP contribution in [0, 0.1) is 5.92 Å². The van der Waals surface area contributed by atoms with Gasteiger partial charge >= 0.3 is 0 Å². The van der Waals surface area contributed by atoms with Gasteiger partial charge in [0.05, 0.1) is 0 Å². The SMILES string of the molecule is CSCC(C)CNc1cc(NN)nc(C(C)(C)C)n1. The molecule has 1 unspecified atom stereocenters. The Labute approximate surface area is 120 Å². The van der Waals surface area contributed by atoms with E-state index in [1.165, 1.54) is 0 Å². The molecule has 6 heteroatoms. The molecular formula is C13H25N5S.